The highest BCUT2D eigenvalue weighted by Crippen LogP contribution is 2.31. The van der Waals surface area contributed by atoms with E-state index in [9.17, 15) is 14.9 Å². The molecule has 0 aromatic heterocycles. The number of carbonyl (C=O) groups excluding carboxylic acids is 1. The SMILES string of the molecule is Cc1ccc(N=C2NC(=O)/C(=C/c3ccccc3OCc3ccc([N+](=O)[O-])cc3)S2)cc1Cl. The van der Waals surface area contributed by atoms with Crippen molar-refractivity contribution in [1.82, 2.24) is 5.32 Å². The number of amides is 1. The standard InChI is InChI=1S/C24H18ClN3O4S/c1-15-6-9-18(13-20(15)25)26-24-27-23(29)22(33-24)12-17-4-2-3-5-21(17)32-14-16-7-10-19(11-8-16)28(30)31/h2-13H,14H2,1H3,(H,26,27,29)/b22-12-. The summed E-state index contributed by atoms with van der Waals surface area (Å²) in [5, 5.41) is 14.6. The lowest BCUT2D eigenvalue weighted by molar-refractivity contribution is -0.384. The van der Waals surface area contributed by atoms with Crippen LogP contribution in [0.25, 0.3) is 6.08 Å². The minimum atomic E-state index is -0.443. The van der Waals surface area contributed by atoms with Crippen molar-refractivity contribution in [3.05, 3.63) is 103 Å². The zero-order valence-corrected chi connectivity index (χ0v) is 19.0. The number of amidine groups is 1. The van der Waals surface area contributed by atoms with E-state index in [1.165, 1.54) is 23.9 Å². The molecule has 4 rings (SSSR count). The van der Waals surface area contributed by atoms with Gasteiger partial charge in [0.2, 0.25) is 0 Å². The molecule has 3 aromatic rings. The summed E-state index contributed by atoms with van der Waals surface area (Å²) in [7, 11) is 0. The Labute approximate surface area is 199 Å². The Hall–Kier alpha value is -3.62. The van der Waals surface area contributed by atoms with Crippen molar-refractivity contribution in [1.29, 1.82) is 0 Å². The summed E-state index contributed by atoms with van der Waals surface area (Å²) < 4.78 is 5.92. The van der Waals surface area contributed by atoms with E-state index in [1.807, 2.05) is 37.3 Å². The van der Waals surface area contributed by atoms with Crippen LogP contribution in [0.5, 0.6) is 5.75 Å². The predicted molar refractivity (Wildman–Crippen MR) is 131 cm³/mol. The first kappa shape index (κ1) is 22.6. The maximum absolute atomic E-state index is 12.5. The summed E-state index contributed by atoms with van der Waals surface area (Å²) in [5.74, 6) is 0.342. The number of nitro benzene ring substituents is 1. The molecule has 1 N–H and O–H groups in total. The molecule has 1 fully saturated rings. The van der Waals surface area contributed by atoms with Crippen LogP contribution in [0.1, 0.15) is 16.7 Å². The van der Waals surface area contributed by atoms with Crippen LogP contribution >= 0.6 is 23.4 Å². The third-order valence-corrected chi connectivity index (χ3v) is 6.10. The van der Waals surface area contributed by atoms with Crippen molar-refractivity contribution in [3.8, 4) is 5.75 Å². The van der Waals surface area contributed by atoms with Gasteiger partial charge in [-0.25, -0.2) is 4.99 Å². The van der Waals surface area contributed by atoms with Crippen LogP contribution in [0, 0.1) is 17.0 Å². The molecular weight excluding hydrogens is 462 g/mol. The molecule has 166 valence electrons. The minimum Gasteiger partial charge on any atom is -0.488 e. The van der Waals surface area contributed by atoms with E-state index in [0.717, 1.165) is 16.7 Å². The lowest BCUT2D eigenvalue weighted by Gasteiger charge is -2.09. The number of ether oxygens (including phenoxy) is 1. The number of nitro groups is 1. The largest absolute Gasteiger partial charge is 0.488 e. The highest BCUT2D eigenvalue weighted by atomic mass is 35.5. The van der Waals surface area contributed by atoms with Crippen molar-refractivity contribution in [2.75, 3.05) is 0 Å². The first-order chi connectivity index (χ1) is 15.9. The zero-order valence-electron chi connectivity index (χ0n) is 17.4. The van der Waals surface area contributed by atoms with E-state index >= 15 is 0 Å². The van der Waals surface area contributed by atoms with Crippen LogP contribution in [-0.4, -0.2) is 16.0 Å². The number of nitrogens with zero attached hydrogens (tertiary/aromatic N) is 2. The van der Waals surface area contributed by atoms with Gasteiger partial charge in [-0.3, -0.25) is 14.9 Å². The molecule has 0 aliphatic carbocycles. The van der Waals surface area contributed by atoms with Gasteiger partial charge in [0.15, 0.2) is 5.17 Å². The van der Waals surface area contributed by atoms with E-state index in [-0.39, 0.29) is 18.2 Å². The Balaban J connectivity index is 1.49. The zero-order chi connectivity index (χ0) is 23.4. The number of hydrogen-bond donors (Lipinski definition) is 1. The molecular formula is C24H18ClN3O4S. The van der Waals surface area contributed by atoms with E-state index in [1.54, 1.807) is 30.3 Å². The van der Waals surface area contributed by atoms with Crippen molar-refractivity contribution >= 4 is 51.9 Å². The summed E-state index contributed by atoms with van der Waals surface area (Å²) >= 11 is 7.39. The third kappa shape index (κ3) is 5.60. The van der Waals surface area contributed by atoms with Crippen LogP contribution in [0.3, 0.4) is 0 Å². The van der Waals surface area contributed by atoms with Crippen molar-refractivity contribution in [2.45, 2.75) is 13.5 Å². The highest BCUT2D eigenvalue weighted by Gasteiger charge is 2.24. The van der Waals surface area contributed by atoms with Gasteiger partial charge in [0.25, 0.3) is 11.6 Å². The summed E-state index contributed by atoms with van der Waals surface area (Å²) in [6, 6.07) is 19.0. The van der Waals surface area contributed by atoms with Crippen LogP contribution in [0.4, 0.5) is 11.4 Å². The molecule has 1 aliphatic rings. The summed E-state index contributed by atoms with van der Waals surface area (Å²) in [5.41, 5.74) is 3.16. The number of thioether (sulfide) groups is 1. The molecule has 1 saturated heterocycles. The van der Waals surface area contributed by atoms with Crippen molar-refractivity contribution in [2.24, 2.45) is 4.99 Å². The number of aliphatic imine (C=N–C) groups is 1. The molecule has 9 heteroatoms. The molecule has 33 heavy (non-hydrogen) atoms. The van der Waals surface area contributed by atoms with Crippen LogP contribution in [0.15, 0.2) is 76.6 Å². The van der Waals surface area contributed by atoms with E-state index < -0.39 is 4.92 Å². The number of aryl methyl sites for hydroxylation is 1. The normalized spacial score (nSPS) is 15.6. The van der Waals surface area contributed by atoms with Gasteiger partial charge in [-0.15, -0.1) is 0 Å². The molecule has 0 radical (unpaired) electrons. The van der Waals surface area contributed by atoms with Crippen molar-refractivity contribution in [3.63, 3.8) is 0 Å². The number of carbonyl (C=O) groups is 1. The first-order valence-electron chi connectivity index (χ1n) is 9.90. The molecule has 0 spiro atoms. The monoisotopic (exact) mass is 479 g/mol. The Morgan fingerprint density at radius 2 is 1.91 bits per heavy atom. The Morgan fingerprint density at radius 1 is 1.15 bits per heavy atom. The molecule has 0 atom stereocenters. The fraction of sp³-hybridized carbons (Fsp3) is 0.0833. The Bertz CT molecular complexity index is 1290. The first-order valence-corrected chi connectivity index (χ1v) is 11.1. The number of halogens is 1. The van der Waals surface area contributed by atoms with Crippen LogP contribution < -0.4 is 10.1 Å². The summed E-state index contributed by atoms with van der Waals surface area (Å²) in [4.78, 5) is 27.8. The van der Waals surface area contributed by atoms with Crippen molar-refractivity contribution < 1.29 is 14.5 Å². The van der Waals surface area contributed by atoms with Gasteiger partial charge in [0, 0.05) is 22.7 Å². The average molecular weight is 480 g/mol. The molecule has 7 nitrogen and oxygen atoms in total. The lowest BCUT2D eigenvalue weighted by Crippen LogP contribution is -2.19. The van der Waals surface area contributed by atoms with Gasteiger partial charge in [-0.2, -0.15) is 0 Å². The maximum atomic E-state index is 12.5. The summed E-state index contributed by atoms with van der Waals surface area (Å²) in [6.07, 6.45) is 1.75. The average Bonchev–Trinajstić information content (AvgIpc) is 3.14. The second-order valence-electron chi connectivity index (χ2n) is 7.17. The molecule has 1 aliphatic heterocycles. The molecule has 3 aromatic carbocycles. The second kappa shape index (κ2) is 9.89. The molecule has 0 unspecified atom stereocenters. The quantitative estimate of drug-likeness (QED) is 0.265. The smallest absolute Gasteiger partial charge is 0.269 e. The fourth-order valence-corrected chi connectivity index (χ4v) is 4.00. The predicted octanol–water partition coefficient (Wildman–Crippen LogP) is 6.03. The molecule has 1 heterocycles. The van der Waals surface area contributed by atoms with Gasteiger partial charge in [0.1, 0.15) is 12.4 Å². The fourth-order valence-electron chi connectivity index (χ4n) is 3.00. The lowest BCUT2D eigenvalue weighted by atomic mass is 10.1. The highest BCUT2D eigenvalue weighted by molar-refractivity contribution is 8.18. The van der Waals surface area contributed by atoms with Gasteiger partial charge in [-0.05, 0) is 66.2 Å². The Kier molecular flexibility index (Phi) is 6.76. The summed E-state index contributed by atoms with van der Waals surface area (Å²) in [6.45, 7) is 2.14. The van der Waals surface area contributed by atoms with Gasteiger partial charge < -0.3 is 10.1 Å². The van der Waals surface area contributed by atoms with E-state index in [0.29, 0.717) is 26.5 Å². The van der Waals surface area contributed by atoms with E-state index in [4.69, 9.17) is 16.3 Å². The van der Waals surface area contributed by atoms with Gasteiger partial charge in [0.05, 0.1) is 15.5 Å². The molecule has 1 amide bonds. The number of non-ortho nitro benzene ring substituents is 1. The maximum Gasteiger partial charge on any atom is 0.269 e. The third-order valence-electron chi connectivity index (χ3n) is 4.78. The topological polar surface area (TPSA) is 93.8 Å². The van der Waals surface area contributed by atoms with Gasteiger partial charge in [-0.1, -0.05) is 35.9 Å². The molecule has 0 saturated carbocycles. The van der Waals surface area contributed by atoms with E-state index in [2.05, 4.69) is 10.3 Å². The number of rotatable bonds is 6. The number of nitrogens with one attached hydrogen (secondary N) is 1. The second-order valence-corrected chi connectivity index (χ2v) is 8.60. The van der Waals surface area contributed by atoms with Crippen LogP contribution in [-0.2, 0) is 11.4 Å². The Morgan fingerprint density at radius 3 is 2.64 bits per heavy atom. The number of hydrogen-bond acceptors (Lipinski definition) is 6. The number of benzene rings is 3. The van der Waals surface area contributed by atoms with Crippen LogP contribution in [0.2, 0.25) is 5.02 Å². The molecule has 0 bridgehead atoms. The van der Waals surface area contributed by atoms with Gasteiger partial charge >= 0.3 is 0 Å². The minimum absolute atomic E-state index is 0.0264. The number of para-hydroxylation sites is 1.